The molecule has 0 aliphatic heterocycles. The van der Waals surface area contributed by atoms with Gasteiger partial charge in [0.15, 0.2) is 5.67 Å². The van der Waals surface area contributed by atoms with Crippen LogP contribution in [0.3, 0.4) is 0 Å². The molecule has 2 nitrogen and oxygen atoms in total. The van der Waals surface area contributed by atoms with E-state index in [9.17, 15) is 0 Å². The molecule has 1 heterocycles. The second-order valence-corrected chi connectivity index (χ2v) is 7.48. The maximum Gasteiger partial charge on any atom is 0.163 e. The molecule has 0 spiro atoms. The molecular weight excluding hydrogens is 355 g/mol. The normalized spacial score (nSPS) is 13.6. The van der Waals surface area contributed by atoms with Crippen LogP contribution in [0.15, 0.2) is 72.1 Å². The lowest BCUT2D eigenvalue weighted by Crippen LogP contribution is -2.29. The second-order valence-electron chi connectivity index (χ2n) is 5.99. The molecule has 0 aliphatic rings. The molecule has 3 rings (SSSR count). The van der Waals surface area contributed by atoms with E-state index in [0.717, 1.165) is 11.3 Å². The lowest BCUT2D eigenvalue weighted by molar-refractivity contribution is 0.168. The Kier molecular flexibility index (Phi) is 5.82. The van der Waals surface area contributed by atoms with Crippen molar-refractivity contribution in [1.29, 1.82) is 0 Å². The molecule has 3 aromatic rings. The van der Waals surface area contributed by atoms with Crippen molar-refractivity contribution in [3.8, 4) is 0 Å². The van der Waals surface area contributed by atoms with Crippen LogP contribution in [0.5, 0.6) is 0 Å². The number of hydrogen-bond donors (Lipinski definition) is 0. The maximum atomic E-state index is 16.0. The van der Waals surface area contributed by atoms with Crippen LogP contribution in [0.2, 0.25) is 5.02 Å². The molecule has 1 atom stereocenters. The zero-order valence-corrected chi connectivity index (χ0v) is 15.6. The van der Waals surface area contributed by atoms with Gasteiger partial charge >= 0.3 is 0 Å². The van der Waals surface area contributed by atoms with E-state index >= 15 is 4.39 Å². The predicted octanol–water partition coefficient (Wildman–Crippen LogP) is 5.76. The molecule has 0 saturated heterocycles. The largest absolute Gasteiger partial charge is 0.334 e. The van der Waals surface area contributed by atoms with Gasteiger partial charge < -0.3 is 4.57 Å². The highest BCUT2D eigenvalue weighted by Crippen LogP contribution is 2.35. The third-order valence-corrected chi connectivity index (χ3v) is 5.61. The van der Waals surface area contributed by atoms with E-state index in [0.29, 0.717) is 16.3 Å². The molecule has 25 heavy (non-hydrogen) atoms. The minimum Gasteiger partial charge on any atom is -0.334 e. The first kappa shape index (κ1) is 18.0. The number of halogens is 2. The highest BCUT2D eigenvalue weighted by Gasteiger charge is 2.33. The van der Waals surface area contributed by atoms with Crippen LogP contribution in [-0.2, 0) is 18.6 Å². The van der Waals surface area contributed by atoms with Crippen LogP contribution in [0, 0.1) is 0 Å². The van der Waals surface area contributed by atoms with E-state index in [4.69, 9.17) is 11.6 Å². The zero-order chi connectivity index (χ0) is 17.7. The molecule has 0 saturated carbocycles. The maximum absolute atomic E-state index is 16.0. The van der Waals surface area contributed by atoms with Gasteiger partial charge in [0.2, 0.25) is 0 Å². The Balaban J connectivity index is 1.83. The first-order valence-corrected chi connectivity index (χ1v) is 9.58. The van der Waals surface area contributed by atoms with Gasteiger partial charge in [0.05, 0.1) is 12.9 Å². The second kappa shape index (κ2) is 8.07. The van der Waals surface area contributed by atoms with Crippen molar-refractivity contribution in [3.05, 3.63) is 83.4 Å². The number of nitrogens with zero attached hydrogens (tertiary/aromatic N) is 2. The molecular formula is C20H20ClFN2S. The minimum absolute atomic E-state index is 0.235. The monoisotopic (exact) mass is 374 g/mol. The predicted molar refractivity (Wildman–Crippen MR) is 103 cm³/mol. The number of benzene rings is 2. The van der Waals surface area contributed by atoms with Crippen molar-refractivity contribution in [2.75, 3.05) is 5.75 Å². The third kappa shape index (κ3) is 4.65. The Morgan fingerprint density at radius 3 is 2.44 bits per heavy atom. The van der Waals surface area contributed by atoms with E-state index in [1.54, 1.807) is 23.3 Å². The summed E-state index contributed by atoms with van der Waals surface area (Å²) in [5.41, 5.74) is 0.413. The first-order chi connectivity index (χ1) is 12.1. The van der Waals surface area contributed by atoms with Crippen molar-refractivity contribution < 1.29 is 4.39 Å². The number of aryl methyl sites for hydroxylation is 1. The molecule has 1 unspecified atom stereocenters. The van der Waals surface area contributed by atoms with E-state index in [-0.39, 0.29) is 6.54 Å². The summed E-state index contributed by atoms with van der Waals surface area (Å²) >= 11 is 7.42. The number of aromatic nitrogens is 2. The van der Waals surface area contributed by atoms with Gasteiger partial charge in [-0.25, -0.2) is 9.37 Å². The number of hydrogen-bond acceptors (Lipinski definition) is 2. The number of imidazole rings is 1. The molecule has 0 radical (unpaired) electrons. The Hall–Kier alpha value is -1.78. The summed E-state index contributed by atoms with van der Waals surface area (Å²) < 4.78 is 17.8. The summed E-state index contributed by atoms with van der Waals surface area (Å²) in [6, 6.07) is 15.3. The molecule has 130 valence electrons. The Morgan fingerprint density at radius 2 is 1.84 bits per heavy atom. The summed E-state index contributed by atoms with van der Waals surface area (Å²) in [7, 11) is 0. The molecule has 0 bridgehead atoms. The van der Waals surface area contributed by atoms with Crippen LogP contribution >= 0.6 is 23.4 Å². The number of thioether (sulfide) groups is 1. The fourth-order valence-electron chi connectivity index (χ4n) is 2.66. The third-order valence-electron chi connectivity index (χ3n) is 4.15. The molecule has 0 aliphatic carbocycles. The fraction of sp³-hybridized carbons (Fsp3) is 0.250. The van der Waals surface area contributed by atoms with Crippen LogP contribution in [0.4, 0.5) is 4.39 Å². The van der Waals surface area contributed by atoms with Crippen molar-refractivity contribution in [2.45, 2.75) is 30.5 Å². The van der Waals surface area contributed by atoms with Crippen LogP contribution in [-0.4, -0.2) is 15.3 Å². The topological polar surface area (TPSA) is 17.8 Å². The van der Waals surface area contributed by atoms with Crippen molar-refractivity contribution in [1.82, 2.24) is 9.55 Å². The van der Waals surface area contributed by atoms with Gasteiger partial charge in [-0.2, -0.15) is 0 Å². The molecule has 5 heteroatoms. The SMILES string of the molecule is CCc1ccc(C(F)(CSc2ccc(Cl)cc2)Cn2ccnc2)cc1. The first-order valence-electron chi connectivity index (χ1n) is 8.21. The number of rotatable bonds is 7. The Morgan fingerprint density at radius 1 is 1.12 bits per heavy atom. The molecule has 2 aromatic carbocycles. The van der Waals surface area contributed by atoms with Crippen LogP contribution in [0.25, 0.3) is 0 Å². The molecule has 0 N–H and O–H groups in total. The van der Waals surface area contributed by atoms with Crippen molar-refractivity contribution in [3.63, 3.8) is 0 Å². The summed E-state index contributed by atoms with van der Waals surface area (Å²) in [4.78, 5) is 5.03. The van der Waals surface area contributed by atoms with E-state index in [1.165, 1.54) is 17.3 Å². The van der Waals surface area contributed by atoms with Gasteiger partial charge in [-0.15, -0.1) is 11.8 Å². The standard InChI is InChI=1S/C20H20ClFN2S/c1-2-16-3-5-17(6-4-16)20(22,13-24-12-11-23-15-24)14-25-19-9-7-18(21)8-10-19/h3-12,15H,2,13-14H2,1H3. The summed E-state index contributed by atoms with van der Waals surface area (Å²) in [6.07, 6.45) is 6.07. The summed E-state index contributed by atoms with van der Waals surface area (Å²) in [5, 5.41) is 0.685. The van der Waals surface area contributed by atoms with Crippen molar-refractivity contribution >= 4 is 23.4 Å². The van der Waals surface area contributed by atoms with Gasteiger partial charge in [0.25, 0.3) is 0 Å². The summed E-state index contributed by atoms with van der Waals surface area (Å²) in [6.45, 7) is 2.33. The minimum atomic E-state index is -1.49. The fourth-order valence-corrected chi connectivity index (χ4v) is 3.77. The van der Waals surface area contributed by atoms with Gasteiger partial charge in [-0.05, 0) is 41.8 Å². The lowest BCUT2D eigenvalue weighted by atomic mass is 9.96. The van der Waals surface area contributed by atoms with E-state index < -0.39 is 5.67 Å². The molecule has 1 aromatic heterocycles. The average Bonchev–Trinajstić information content (AvgIpc) is 3.14. The Labute approximate surface area is 157 Å². The van der Waals surface area contributed by atoms with Crippen molar-refractivity contribution in [2.24, 2.45) is 0 Å². The molecule has 0 fully saturated rings. The van der Waals surface area contributed by atoms with Gasteiger partial charge in [-0.1, -0.05) is 42.8 Å². The van der Waals surface area contributed by atoms with Gasteiger partial charge in [0, 0.05) is 28.1 Å². The lowest BCUT2D eigenvalue weighted by Gasteiger charge is -2.26. The molecule has 0 amide bonds. The number of alkyl halides is 1. The van der Waals surface area contributed by atoms with Gasteiger partial charge in [0.1, 0.15) is 0 Å². The highest BCUT2D eigenvalue weighted by atomic mass is 35.5. The quantitative estimate of drug-likeness (QED) is 0.489. The average molecular weight is 375 g/mol. The van der Waals surface area contributed by atoms with Crippen LogP contribution < -0.4 is 0 Å². The van der Waals surface area contributed by atoms with E-state index in [2.05, 4.69) is 11.9 Å². The van der Waals surface area contributed by atoms with E-state index in [1.807, 2.05) is 48.5 Å². The summed E-state index contributed by atoms with van der Waals surface area (Å²) in [5.74, 6) is 0.318. The zero-order valence-electron chi connectivity index (χ0n) is 14.0. The van der Waals surface area contributed by atoms with Crippen LogP contribution in [0.1, 0.15) is 18.1 Å². The smallest absolute Gasteiger partial charge is 0.163 e. The Bertz CT molecular complexity index is 788. The van der Waals surface area contributed by atoms with Gasteiger partial charge in [-0.3, -0.25) is 0 Å². The highest BCUT2D eigenvalue weighted by molar-refractivity contribution is 7.99.